The lowest BCUT2D eigenvalue weighted by molar-refractivity contribution is -0.121. The van der Waals surface area contributed by atoms with Gasteiger partial charge in [-0.05, 0) is 51.9 Å². The molecule has 0 radical (unpaired) electrons. The van der Waals surface area contributed by atoms with Crippen LogP contribution in [0.25, 0.3) is 6.08 Å². The third-order valence-electron chi connectivity index (χ3n) is 3.22. The van der Waals surface area contributed by atoms with Crippen molar-refractivity contribution in [2.45, 2.75) is 0 Å². The van der Waals surface area contributed by atoms with Crippen molar-refractivity contribution in [2.75, 3.05) is 28.3 Å². The molecular formula is C14H15BrN2O3S. The van der Waals surface area contributed by atoms with Gasteiger partial charge in [0.05, 0.1) is 18.7 Å². The van der Waals surface area contributed by atoms with Crippen LogP contribution in [-0.2, 0) is 4.79 Å². The van der Waals surface area contributed by atoms with Crippen LogP contribution in [0.3, 0.4) is 0 Å². The van der Waals surface area contributed by atoms with Crippen LogP contribution in [0.15, 0.2) is 22.3 Å². The van der Waals surface area contributed by atoms with Gasteiger partial charge in [0.25, 0.3) is 5.91 Å². The van der Waals surface area contributed by atoms with Crippen molar-refractivity contribution in [1.82, 2.24) is 9.80 Å². The van der Waals surface area contributed by atoms with E-state index < -0.39 is 0 Å². The van der Waals surface area contributed by atoms with E-state index in [0.29, 0.717) is 22.3 Å². The molecule has 2 rings (SSSR count). The molecule has 0 atom stereocenters. The zero-order chi connectivity index (χ0) is 15.7. The molecule has 1 fully saturated rings. The fourth-order valence-corrected chi connectivity index (χ4v) is 2.87. The predicted octanol–water partition coefficient (Wildman–Crippen LogP) is 2.50. The van der Waals surface area contributed by atoms with E-state index in [1.54, 1.807) is 45.4 Å². The maximum atomic E-state index is 12.2. The first-order valence-corrected chi connectivity index (χ1v) is 7.29. The Morgan fingerprint density at radius 3 is 2.33 bits per heavy atom. The SMILES string of the molecule is COc1cc(/C=C2/C(=O)N(C)C(=S)N2C)cc(Br)c1OC. The topological polar surface area (TPSA) is 42.0 Å². The first-order valence-electron chi connectivity index (χ1n) is 6.09. The number of carbonyl (C=O) groups is 1. The zero-order valence-electron chi connectivity index (χ0n) is 12.1. The molecule has 1 aliphatic heterocycles. The van der Waals surface area contributed by atoms with Crippen LogP contribution in [0.2, 0.25) is 0 Å². The molecule has 0 aliphatic carbocycles. The van der Waals surface area contributed by atoms with Crippen LogP contribution in [0.4, 0.5) is 0 Å². The standard InChI is InChI=1S/C14H15BrN2O3S/c1-16-10(13(18)17(2)14(16)21)6-8-5-9(15)12(20-4)11(7-8)19-3/h5-7H,1-4H3/b10-6-. The highest BCUT2D eigenvalue weighted by Gasteiger charge is 2.32. The van der Waals surface area contributed by atoms with Crippen molar-refractivity contribution >= 4 is 45.2 Å². The monoisotopic (exact) mass is 370 g/mol. The Morgan fingerprint density at radius 2 is 1.86 bits per heavy atom. The summed E-state index contributed by atoms with van der Waals surface area (Å²) >= 11 is 8.62. The molecule has 0 N–H and O–H groups in total. The van der Waals surface area contributed by atoms with Crippen LogP contribution in [0, 0.1) is 0 Å². The minimum Gasteiger partial charge on any atom is -0.493 e. The second-order valence-corrected chi connectivity index (χ2v) is 5.69. The molecule has 7 heteroatoms. The maximum Gasteiger partial charge on any atom is 0.276 e. The molecule has 0 spiro atoms. The average molecular weight is 371 g/mol. The van der Waals surface area contributed by atoms with Gasteiger partial charge in [-0.2, -0.15) is 0 Å². The van der Waals surface area contributed by atoms with Gasteiger partial charge in [0, 0.05) is 14.1 Å². The van der Waals surface area contributed by atoms with Gasteiger partial charge in [-0.25, -0.2) is 0 Å². The number of amides is 1. The molecule has 1 aromatic carbocycles. The fraction of sp³-hybridized carbons (Fsp3) is 0.286. The van der Waals surface area contributed by atoms with Crippen LogP contribution in [0.5, 0.6) is 11.5 Å². The molecule has 0 unspecified atom stereocenters. The summed E-state index contributed by atoms with van der Waals surface area (Å²) in [5, 5.41) is 0.478. The Balaban J connectivity index is 2.49. The van der Waals surface area contributed by atoms with Gasteiger partial charge in [-0.15, -0.1) is 0 Å². The lowest BCUT2D eigenvalue weighted by Crippen LogP contribution is -2.26. The first kappa shape index (κ1) is 15.8. The van der Waals surface area contributed by atoms with E-state index in [0.717, 1.165) is 10.0 Å². The molecule has 5 nitrogen and oxygen atoms in total. The Hall–Kier alpha value is -1.60. The summed E-state index contributed by atoms with van der Waals surface area (Å²) in [7, 11) is 6.57. The summed E-state index contributed by atoms with van der Waals surface area (Å²) in [5.74, 6) is 1.06. The third-order valence-corrected chi connectivity index (χ3v) is 4.36. The summed E-state index contributed by atoms with van der Waals surface area (Å²) in [6.07, 6.45) is 1.77. The van der Waals surface area contributed by atoms with E-state index >= 15 is 0 Å². The molecule has 112 valence electrons. The Morgan fingerprint density at radius 1 is 1.19 bits per heavy atom. The Labute approximate surface area is 137 Å². The zero-order valence-corrected chi connectivity index (χ0v) is 14.5. The van der Waals surface area contributed by atoms with E-state index in [9.17, 15) is 4.79 Å². The van der Waals surface area contributed by atoms with Crippen molar-refractivity contribution < 1.29 is 14.3 Å². The first-order chi connectivity index (χ1) is 9.90. The lowest BCUT2D eigenvalue weighted by Gasteiger charge is -2.12. The van der Waals surface area contributed by atoms with Crippen LogP contribution >= 0.6 is 28.1 Å². The number of nitrogens with zero attached hydrogens (tertiary/aromatic N) is 2. The van der Waals surface area contributed by atoms with Gasteiger partial charge < -0.3 is 14.4 Å². The summed E-state index contributed by atoms with van der Waals surface area (Å²) in [4.78, 5) is 15.3. The number of hydrogen-bond acceptors (Lipinski definition) is 4. The van der Waals surface area contributed by atoms with Crippen molar-refractivity contribution in [3.8, 4) is 11.5 Å². The summed E-state index contributed by atoms with van der Waals surface area (Å²) in [6, 6.07) is 3.66. The molecule has 0 aromatic heterocycles. The quantitative estimate of drug-likeness (QED) is 0.603. The normalized spacial score (nSPS) is 16.9. The van der Waals surface area contributed by atoms with Gasteiger partial charge >= 0.3 is 0 Å². The average Bonchev–Trinajstić information content (AvgIpc) is 2.64. The molecule has 1 aromatic rings. The molecule has 21 heavy (non-hydrogen) atoms. The smallest absolute Gasteiger partial charge is 0.276 e. The van der Waals surface area contributed by atoms with Gasteiger partial charge in [0.1, 0.15) is 5.70 Å². The Kier molecular flexibility index (Phi) is 4.53. The van der Waals surface area contributed by atoms with Crippen molar-refractivity contribution in [3.05, 3.63) is 27.9 Å². The van der Waals surface area contributed by atoms with Crippen LogP contribution in [0.1, 0.15) is 5.56 Å². The number of benzene rings is 1. The van der Waals surface area contributed by atoms with Gasteiger partial charge in [-0.3, -0.25) is 9.69 Å². The second kappa shape index (κ2) is 6.03. The second-order valence-electron chi connectivity index (χ2n) is 4.47. The highest BCUT2D eigenvalue weighted by Crippen LogP contribution is 2.37. The summed E-state index contributed by atoms with van der Waals surface area (Å²) < 4.78 is 11.3. The predicted molar refractivity (Wildman–Crippen MR) is 88.4 cm³/mol. The minimum absolute atomic E-state index is 0.131. The molecule has 1 aliphatic rings. The number of hydrogen-bond donors (Lipinski definition) is 0. The van der Waals surface area contributed by atoms with E-state index in [2.05, 4.69) is 15.9 Å². The summed E-state index contributed by atoms with van der Waals surface area (Å²) in [5.41, 5.74) is 1.33. The molecule has 1 heterocycles. The van der Waals surface area contributed by atoms with E-state index in [-0.39, 0.29) is 5.91 Å². The number of likely N-dealkylation sites (N-methyl/N-ethyl adjacent to an activating group) is 2. The third kappa shape index (κ3) is 2.75. The van der Waals surface area contributed by atoms with Crippen molar-refractivity contribution in [2.24, 2.45) is 0 Å². The number of thiocarbonyl (C=S) groups is 1. The molecule has 1 saturated heterocycles. The van der Waals surface area contributed by atoms with Crippen LogP contribution < -0.4 is 9.47 Å². The molecular weight excluding hydrogens is 356 g/mol. The molecule has 0 bridgehead atoms. The highest BCUT2D eigenvalue weighted by molar-refractivity contribution is 9.10. The lowest BCUT2D eigenvalue weighted by atomic mass is 10.1. The fourth-order valence-electron chi connectivity index (χ4n) is 2.07. The van der Waals surface area contributed by atoms with E-state index in [1.807, 2.05) is 6.07 Å². The van der Waals surface area contributed by atoms with Crippen LogP contribution in [-0.4, -0.2) is 49.1 Å². The number of rotatable bonds is 3. The van der Waals surface area contributed by atoms with Crippen molar-refractivity contribution in [3.63, 3.8) is 0 Å². The molecule has 0 saturated carbocycles. The largest absolute Gasteiger partial charge is 0.493 e. The minimum atomic E-state index is -0.131. The highest BCUT2D eigenvalue weighted by atomic mass is 79.9. The number of carbonyl (C=O) groups excluding carboxylic acids is 1. The molecule has 1 amide bonds. The Bertz CT molecular complexity index is 645. The van der Waals surface area contributed by atoms with E-state index in [4.69, 9.17) is 21.7 Å². The number of ether oxygens (including phenoxy) is 2. The number of methoxy groups -OCH3 is 2. The van der Waals surface area contributed by atoms with Gasteiger partial charge in [-0.1, -0.05) is 0 Å². The summed E-state index contributed by atoms with van der Waals surface area (Å²) in [6.45, 7) is 0. The van der Waals surface area contributed by atoms with Gasteiger partial charge in [0.15, 0.2) is 16.6 Å². The number of halogens is 1. The maximum absolute atomic E-state index is 12.2. The van der Waals surface area contributed by atoms with E-state index in [1.165, 1.54) is 4.90 Å². The van der Waals surface area contributed by atoms with Crippen molar-refractivity contribution in [1.29, 1.82) is 0 Å². The van der Waals surface area contributed by atoms with Gasteiger partial charge in [0.2, 0.25) is 0 Å².